The van der Waals surface area contributed by atoms with Gasteiger partial charge in [0.05, 0.1) is 22.1 Å². The highest BCUT2D eigenvalue weighted by Gasteiger charge is 2.12. The van der Waals surface area contributed by atoms with Crippen molar-refractivity contribution in [3.05, 3.63) is 47.0 Å². The van der Waals surface area contributed by atoms with Crippen LogP contribution in [0.15, 0.2) is 41.3 Å². The molecule has 0 spiro atoms. The molecule has 0 aliphatic heterocycles. The summed E-state index contributed by atoms with van der Waals surface area (Å²) >= 11 is 3.44. The lowest BCUT2D eigenvalue weighted by molar-refractivity contribution is 0.779. The minimum absolute atomic E-state index is 0.420. The fourth-order valence-electron chi connectivity index (χ4n) is 2.10. The van der Waals surface area contributed by atoms with E-state index in [2.05, 4.69) is 42.9 Å². The van der Waals surface area contributed by atoms with Gasteiger partial charge in [0.25, 0.3) is 5.95 Å². The van der Waals surface area contributed by atoms with Crippen LogP contribution < -0.4 is 5.73 Å². The maximum absolute atomic E-state index is 5.96. The van der Waals surface area contributed by atoms with Crippen LogP contribution in [0.3, 0.4) is 0 Å². The van der Waals surface area contributed by atoms with Crippen molar-refractivity contribution in [1.29, 1.82) is 0 Å². The van der Waals surface area contributed by atoms with Gasteiger partial charge < -0.3 is 5.73 Å². The molecule has 0 atom stereocenters. The molecule has 0 aliphatic rings. The van der Waals surface area contributed by atoms with Gasteiger partial charge in [0.1, 0.15) is 5.82 Å². The van der Waals surface area contributed by atoms with E-state index in [9.17, 15) is 0 Å². The van der Waals surface area contributed by atoms with E-state index in [1.165, 1.54) is 0 Å². The van der Waals surface area contributed by atoms with E-state index in [0.717, 1.165) is 34.3 Å². The van der Waals surface area contributed by atoms with Crippen molar-refractivity contribution in [3.63, 3.8) is 0 Å². The minimum atomic E-state index is 0.420. The van der Waals surface area contributed by atoms with Crippen molar-refractivity contribution in [2.45, 2.75) is 19.8 Å². The van der Waals surface area contributed by atoms with Gasteiger partial charge >= 0.3 is 0 Å². The second-order valence-electron chi connectivity index (χ2n) is 4.81. The number of hydrogen-bond donors (Lipinski definition) is 1. The van der Waals surface area contributed by atoms with Crippen LogP contribution >= 0.6 is 15.9 Å². The predicted octanol–water partition coefficient (Wildman–Crippen LogP) is 3.02. The summed E-state index contributed by atoms with van der Waals surface area (Å²) in [5.74, 6) is 0.884. The molecule has 112 valence electrons. The van der Waals surface area contributed by atoms with E-state index in [1.807, 2.05) is 24.4 Å². The average molecular weight is 359 g/mol. The summed E-state index contributed by atoms with van der Waals surface area (Å²) in [5, 5.41) is 4.32. The first-order valence-electron chi connectivity index (χ1n) is 6.97. The van der Waals surface area contributed by atoms with Gasteiger partial charge in [0.15, 0.2) is 0 Å². The summed E-state index contributed by atoms with van der Waals surface area (Å²) in [5.41, 5.74) is 8.60. The van der Waals surface area contributed by atoms with Crippen LogP contribution in [-0.4, -0.2) is 24.7 Å². The first-order valence-corrected chi connectivity index (χ1v) is 7.76. The monoisotopic (exact) mass is 358 g/mol. The number of nitrogens with zero attached hydrogens (tertiary/aromatic N) is 5. The molecule has 0 fully saturated rings. The number of nitrogen functional groups attached to an aromatic ring is 1. The number of anilines is 1. The van der Waals surface area contributed by atoms with Crippen LogP contribution in [-0.2, 0) is 6.42 Å². The number of nitrogens with two attached hydrogens (primary N) is 1. The van der Waals surface area contributed by atoms with E-state index < -0.39 is 0 Å². The highest BCUT2D eigenvalue weighted by molar-refractivity contribution is 9.10. The number of rotatable bonds is 4. The largest absolute Gasteiger partial charge is 0.383 e. The number of halogens is 1. The SMILES string of the molecule is CCCc1nc(-n2cc(-c3ccccn3)cn2)nc(N)c1Br. The van der Waals surface area contributed by atoms with E-state index in [0.29, 0.717) is 11.8 Å². The molecule has 2 N–H and O–H groups in total. The van der Waals surface area contributed by atoms with Gasteiger partial charge in [0.2, 0.25) is 0 Å². The van der Waals surface area contributed by atoms with Gasteiger partial charge in [-0.2, -0.15) is 10.1 Å². The van der Waals surface area contributed by atoms with E-state index in [-0.39, 0.29) is 0 Å². The molecule has 0 unspecified atom stereocenters. The molecule has 0 aliphatic carbocycles. The smallest absolute Gasteiger partial charge is 0.252 e. The van der Waals surface area contributed by atoms with Gasteiger partial charge in [-0.15, -0.1) is 0 Å². The van der Waals surface area contributed by atoms with Crippen LogP contribution in [0, 0.1) is 0 Å². The Morgan fingerprint density at radius 2 is 2.14 bits per heavy atom. The minimum Gasteiger partial charge on any atom is -0.383 e. The predicted molar refractivity (Wildman–Crippen MR) is 88.5 cm³/mol. The lowest BCUT2D eigenvalue weighted by Gasteiger charge is -2.07. The van der Waals surface area contributed by atoms with Crippen LogP contribution in [0.25, 0.3) is 17.2 Å². The molecule has 7 heteroatoms. The zero-order valence-electron chi connectivity index (χ0n) is 12.1. The molecule has 3 rings (SSSR count). The summed E-state index contributed by atoms with van der Waals surface area (Å²) in [7, 11) is 0. The molecular formula is C15H15BrN6. The number of pyridine rings is 1. The molecule has 0 aromatic carbocycles. The quantitative estimate of drug-likeness (QED) is 0.774. The molecular weight excluding hydrogens is 344 g/mol. The van der Waals surface area contributed by atoms with E-state index >= 15 is 0 Å². The normalized spacial score (nSPS) is 10.8. The Morgan fingerprint density at radius 1 is 1.27 bits per heavy atom. The Bertz CT molecular complexity index is 784. The summed E-state index contributed by atoms with van der Waals surface area (Å²) in [4.78, 5) is 13.1. The van der Waals surface area contributed by atoms with E-state index in [4.69, 9.17) is 5.73 Å². The third-order valence-corrected chi connectivity index (χ3v) is 4.03. The summed E-state index contributed by atoms with van der Waals surface area (Å²) in [6.07, 6.45) is 7.14. The molecule has 6 nitrogen and oxygen atoms in total. The maximum atomic E-state index is 5.96. The highest BCUT2D eigenvalue weighted by Crippen LogP contribution is 2.24. The van der Waals surface area contributed by atoms with Gasteiger partial charge in [-0.05, 0) is 34.5 Å². The van der Waals surface area contributed by atoms with Gasteiger partial charge in [-0.25, -0.2) is 9.67 Å². The Kier molecular flexibility index (Phi) is 4.15. The molecule has 22 heavy (non-hydrogen) atoms. The zero-order chi connectivity index (χ0) is 15.5. The van der Waals surface area contributed by atoms with Crippen molar-refractivity contribution >= 4 is 21.7 Å². The number of aromatic nitrogens is 5. The molecule has 0 amide bonds. The lowest BCUT2D eigenvalue weighted by atomic mass is 10.2. The molecule has 0 saturated carbocycles. The zero-order valence-corrected chi connectivity index (χ0v) is 13.7. The van der Waals surface area contributed by atoms with Crippen LogP contribution in [0.1, 0.15) is 19.0 Å². The molecule has 0 radical (unpaired) electrons. The summed E-state index contributed by atoms with van der Waals surface area (Å²) in [6.45, 7) is 2.09. The maximum Gasteiger partial charge on any atom is 0.252 e. The topological polar surface area (TPSA) is 82.5 Å². The third-order valence-electron chi connectivity index (χ3n) is 3.17. The van der Waals surface area contributed by atoms with Gasteiger partial charge in [-0.3, -0.25) is 4.98 Å². The van der Waals surface area contributed by atoms with Crippen molar-refractivity contribution in [2.24, 2.45) is 0 Å². The fourth-order valence-corrected chi connectivity index (χ4v) is 2.48. The van der Waals surface area contributed by atoms with Gasteiger partial charge in [0, 0.05) is 18.0 Å². The lowest BCUT2D eigenvalue weighted by Crippen LogP contribution is -2.08. The Balaban J connectivity index is 2.00. The second-order valence-corrected chi connectivity index (χ2v) is 5.60. The Labute approximate surface area is 136 Å². The molecule has 3 heterocycles. The van der Waals surface area contributed by atoms with Crippen LogP contribution in [0.5, 0.6) is 0 Å². The second kappa shape index (κ2) is 6.23. The van der Waals surface area contributed by atoms with Crippen LogP contribution in [0.4, 0.5) is 5.82 Å². The van der Waals surface area contributed by atoms with E-state index in [1.54, 1.807) is 17.1 Å². The molecule has 3 aromatic rings. The van der Waals surface area contributed by atoms with Crippen molar-refractivity contribution in [1.82, 2.24) is 24.7 Å². The van der Waals surface area contributed by atoms with Crippen molar-refractivity contribution < 1.29 is 0 Å². The first kappa shape index (κ1) is 14.6. The standard InChI is InChI=1S/C15H15BrN6/c1-2-5-12-13(16)14(17)21-15(20-12)22-9-10(8-19-22)11-6-3-4-7-18-11/h3-4,6-9H,2,5H2,1H3,(H2,17,20,21). The Morgan fingerprint density at radius 3 is 2.86 bits per heavy atom. The van der Waals surface area contributed by atoms with Gasteiger partial charge in [-0.1, -0.05) is 19.4 Å². The first-order chi connectivity index (χ1) is 10.7. The van der Waals surface area contributed by atoms with Crippen molar-refractivity contribution in [3.8, 4) is 17.2 Å². The summed E-state index contributed by atoms with van der Waals surface area (Å²) < 4.78 is 2.38. The fraction of sp³-hybridized carbons (Fsp3) is 0.200. The average Bonchev–Trinajstić information content (AvgIpc) is 3.02. The molecule has 3 aromatic heterocycles. The van der Waals surface area contributed by atoms with Crippen LogP contribution in [0.2, 0.25) is 0 Å². The third kappa shape index (κ3) is 2.85. The van der Waals surface area contributed by atoms with Crippen molar-refractivity contribution in [2.75, 3.05) is 5.73 Å². The number of aryl methyl sites for hydroxylation is 1. The number of hydrogen-bond acceptors (Lipinski definition) is 5. The molecule has 0 bridgehead atoms. The Hall–Kier alpha value is -2.28. The molecule has 0 saturated heterocycles. The summed E-state index contributed by atoms with van der Waals surface area (Å²) in [6, 6.07) is 5.75. The highest BCUT2D eigenvalue weighted by atomic mass is 79.9.